The maximum atomic E-state index is 6.11. The Labute approximate surface area is 115 Å². The highest BCUT2D eigenvalue weighted by Gasteiger charge is 2.30. The van der Waals surface area contributed by atoms with Gasteiger partial charge in [-0.15, -0.1) is 0 Å². The van der Waals surface area contributed by atoms with Crippen LogP contribution in [0.2, 0.25) is 0 Å². The molecule has 0 amide bonds. The highest BCUT2D eigenvalue weighted by atomic mass is 15.0. The third-order valence-electron chi connectivity index (χ3n) is 3.91. The van der Waals surface area contributed by atoms with Gasteiger partial charge in [0.05, 0.1) is 0 Å². The predicted molar refractivity (Wildman–Crippen MR) is 82.8 cm³/mol. The Balaban J connectivity index is 4.61. The Bertz CT molecular complexity index is 185. The lowest BCUT2D eigenvalue weighted by Crippen LogP contribution is -2.54. The minimum absolute atomic E-state index is 0.144. The first kappa shape index (κ1) is 17.9. The van der Waals surface area contributed by atoms with E-state index < -0.39 is 0 Å². The van der Waals surface area contributed by atoms with E-state index in [1.807, 2.05) is 0 Å². The molecule has 0 radical (unpaired) electrons. The molecule has 2 heteroatoms. The molecule has 0 aliphatic carbocycles. The van der Waals surface area contributed by atoms with Gasteiger partial charge in [-0.1, -0.05) is 54.4 Å². The van der Waals surface area contributed by atoms with Gasteiger partial charge in [-0.25, -0.2) is 0 Å². The van der Waals surface area contributed by atoms with Crippen molar-refractivity contribution < 1.29 is 0 Å². The quantitative estimate of drug-likeness (QED) is 0.624. The first-order valence-electron chi connectivity index (χ1n) is 7.84. The zero-order valence-electron chi connectivity index (χ0n) is 13.6. The summed E-state index contributed by atoms with van der Waals surface area (Å²) in [6.07, 6.45) is 4.88. The molecule has 0 spiro atoms. The van der Waals surface area contributed by atoms with Crippen LogP contribution in [0.3, 0.4) is 0 Å². The van der Waals surface area contributed by atoms with Gasteiger partial charge in [0, 0.05) is 12.1 Å². The van der Waals surface area contributed by atoms with Crippen LogP contribution in [-0.4, -0.2) is 18.6 Å². The average molecular weight is 256 g/mol. The maximum Gasteiger partial charge on any atom is 0.0309 e. The molecule has 3 N–H and O–H groups in total. The summed E-state index contributed by atoms with van der Waals surface area (Å²) in [5, 5.41) is 3.82. The van der Waals surface area contributed by atoms with Gasteiger partial charge in [-0.3, -0.25) is 0 Å². The zero-order chi connectivity index (χ0) is 14.2. The molecular formula is C16H36N2. The van der Waals surface area contributed by atoms with Gasteiger partial charge >= 0.3 is 0 Å². The molecule has 0 heterocycles. The number of nitrogens with one attached hydrogen (secondary N) is 1. The largest absolute Gasteiger partial charge is 0.329 e. The SMILES string of the molecule is CCC(CC)CNC(CN)(CC(C)C)CC(C)C. The van der Waals surface area contributed by atoms with Gasteiger partial charge in [0.1, 0.15) is 0 Å². The maximum absolute atomic E-state index is 6.11. The molecule has 0 atom stereocenters. The van der Waals surface area contributed by atoms with Gasteiger partial charge in [-0.05, 0) is 37.1 Å². The molecule has 2 nitrogen and oxygen atoms in total. The van der Waals surface area contributed by atoms with E-state index in [1.165, 1.54) is 25.7 Å². The molecule has 0 saturated heterocycles. The summed E-state index contributed by atoms with van der Waals surface area (Å²) in [4.78, 5) is 0. The van der Waals surface area contributed by atoms with Gasteiger partial charge in [0.2, 0.25) is 0 Å². The number of hydrogen-bond acceptors (Lipinski definition) is 2. The van der Waals surface area contributed by atoms with Crippen LogP contribution in [0.4, 0.5) is 0 Å². The normalized spacial score (nSPS) is 13.0. The topological polar surface area (TPSA) is 38.0 Å². The molecule has 0 aromatic carbocycles. The van der Waals surface area contributed by atoms with Crippen LogP contribution in [-0.2, 0) is 0 Å². The van der Waals surface area contributed by atoms with Gasteiger partial charge in [-0.2, -0.15) is 0 Å². The fourth-order valence-corrected chi connectivity index (χ4v) is 2.97. The molecule has 0 aliphatic heterocycles. The van der Waals surface area contributed by atoms with Crippen LogP contribution in [0.15, 0.2) is 0 Å². The Morgan fingerprint density at radius 2 is 1.39 bits per heavy atom. The van der Waals surface area contributed by atoms with Gasteiger partial charge in [0.15, 0.2) is 0 Å². The second-order valence-electron chi connectivity index (χ2n) is 6.74. The van der Waals surface area contributed by atoms with Gasteiger partial charge < -0.3 is 11.1 Å². The summed E-state index contributed by atoms with van der Waals surface area (Å²) in [5.41, 5.74) is 6.25. The molecule has 0 rings (SSSR count). The van der Waals surface area contributed by atoms with Crippen LogP contribution in [0.25, 0.3) is 0 Å². The van der Waals surface area contributed by atoms with Crippen LogP contribution >= 0.6 is 0 Å². The van der Waals surface area contributed by atoms with E-state index in [1.54, 1.807) is 0 Å². The van der Waals surface area contributed by atoms with Crippen molar-refractivity contribution in [2.45, 2.75) is 72.8 Å². The molecule has 0 fully saturated rings. The van der Waals surface area contributed by atoms with E-state index in [0.29, 0.717) is 11.8 Å². The highest BCUT2D eigenvalue weighted by molar-refractivity contribution is 4.91. The summed E-state index contributed by atoms with van der Waals surface area (Å²) in [7, 11) is 0. The van der Waals surface area contributed by atoms with Crippen molar-refractivity contribution in [1.82, 2.24) is 5.32 Å². The van der Waals surface area contributed by atoms with Crippen LogP contribution in [0.5, 0.6) is 0 Å². The highest BCUT2D eigenvalue weighted by Crippen LogP contribution is 2.25. The summed E-state index contributed by atoms with van der Waals surface area (Å²) in [5.74, 6) is 2.18. The third-order valence-corrected chi connectivity index (χ3v) is 3.91. The predicted octanol–water partition coefficient (Wildman–Crippen LogP) is 3.80. The molecule has 0 aromatic heterocycles. The van der Waals surface area contributed by atoms with E-state index in [0.717, 1.165) is 19.0 Å². The minimum Gasteiger partial charge on any atom is -0.329 e. The lowest BCUT2D eigenvalue weighted by atomic mass is 9.81. The molecule has 0 bridgehead atoms. The first-order chi connectivity index (χ1) is 8.39. The summed E-state index contributed by atoms with van der Waals surface area (Å²) >= 11 is 0. The number of hydrogen-bond donors (Lipinski definition) is 2. The van der Waals surface area contributed by atoms with Crippen molar-refractivity contribution in [3.8, 4) is 0 Å². The summed E-state index contributed by atoms with van der Waals surface area (Å²) in [6, 6.07) is 0. The van der Waals surface area contributed by atoms with Crippen molar-refractivity contribution in [3.63, 3.8) is 0 Å². The summed E-state index contributed by atoms with van der Waals surface area (Å²) < 4.78 is 0. The minimum atomic E-state index is 0.144. The van der Waals surface area contributed by atoms with Crippen LogP contribution in [0, 0.1) is 17.8 Å². The van der Waals surface area contributed by atoms with Crippen LogP contribution < -0.4 is 11.1 Å². The molecular weight excluding hydrogens is 220 g/mol. The second kappa shape index (κ2) is 8.92. The Morgan fingerprint density at radius 3 is 1.67 bits per heavy atom. The second-order valence-corrected chi connectivity index (χ2v) is 6.74. The van der Waals surface area contributed by atoms with Crippen molar-refractivity contribution in [2.24, 2.45) is 23.5 Å². The Hall–Kier alpha value is -0.0800. The average Bonchev–Trinajstić information content (AvgIpc) is 2.28. The number of rotatable bonds is 10. The standard InChI is InChI=1S/C16H36N2/c1-7-15(8-2)11-18-16(12-17,9-13(3)4)10-14(5)6/h13-15,18H,7-12,17H2,1-6H3. The van der Waals surface area contributed by atoms with E-state index in [-0.39, 0.29) is 5.54 Å². The fraction of sp³-hybridized carbons (Fsp3) is 1.00. The molecule has 0 aromatic rings. The van der Waals surface area contributed by atoms with Crippen molar-refractivity contribution >= 4 is 0 Å². The van der Waals surface area contributed by atoms with Crippen molar-refractivity contribution in [2.75, 3.05) is 13.1 Å². The Morgan fingerprint density at radius 1 is 0.944 bits per heavy atom. The van der Waals surface area contributed by atoms with E-state index in [2.05, 4.69) is 46.9 Å². The van der Waals surface area contributed by atoms with E-state index >= 15 is 0 Å². The summed E-state index contributed by atoms with van der Waals surface area (Å²) in [6.45, 7) is 15.6. The smallest absolute Gasteiger partial charge is 0.0309 e. The lowest BCUT2D eigenvalue weighted by Gasteiger charge is -2.38. The molecule has 0 unspecified atom stereocenters. The molecule has 0 aliphatic rings. The zero-order valence-corrected chi connectivity index (χ0v) is 13.6. The molecule has 18 heavy (non-hydrogen) atoms. The number of nitrogens with two attached hydrogens (primary N) is 1. The third kappa shape index (κ3) is 6.75. The van der Waals surface area contributed by atoms with E-state index in [4.69, 9.17) is 5.73 Å². The van der Waals surface area contributed by atoms with Crippen molar-refractivity contribution in [3.05, 3.63) is 0 Å². The fourth-order valence-electron chi connectivity index (χ4n) is 2.97. The van der Waals surface area contributed by atoms with Crippen LogP contribution in [0.1, 0.15) is 67.2 Å². The Kier molecular flexibility index (Phi) is 8.89. The van der Waals surface area contributed by atoms with E-state index in [9.17, 15) is 0 Å². The first-order valence-corrected chi connectivity index (χ1v) is 7.84. The lowest BCUT2D eigenvalue weighted by molar-refractivity contribution is 0.215. The van der Waals surface area contributed by atoms with Crippen molar-refractivity contribution in [1.29, 1.82) is 0 Å². The molecule has 0 saturated carbocycles. The van der Waals surface area contributed by atoms with Gasteiger partial charge in [0.25, 0.3) is 0 Å². The molecule has 110 valence electrons. The monoisotopic (exact) mass is 256 g/mol.